The first-order valence-corrected chi connectivity index (χ1v) is 7.51. The molecule has 0 saturated heterocycles. The third-order valence-electron chi connectivity index (χ3n) is 2.54. The Morgan fingerprint density at radius 3 is 2.22 bits per heavy atom. The predicted molar refractivity (Wildman–Crippen MR) is 74.4 cm³/mol. The first kappa shape index (κ1) is 15.4. The number of hydrogen-bond acceptors (Lipinski definition) is 4. The van der Waals surface area contributed by atoms with Crippen LogP contribution >= 0.6 is 11.8 Å². The highest BCUT2D eigenvalue weighted by Gasteiger charge is 2.21. The quantitative estimate of drug-likeness (QED) is 0.538. The van der Waals surface area contributed by atoms with Crippen molar-refractivity contribution in [1.29, 1.82) is 0 Å². The van der Waals surface area contributed by atoms with Gasteiger partial charge in [-0.25, -0.2) is 0 Å². The summed E-state index contributed by atoms with van der Waals surface area (Å²) < 4.78 is 18.9. The minimum absolute atomic E-state index is 0.317. The molecular formula is C13H23NO3S. The van der Waals surface area contributed by atoms with E-state index in [1.807, 2.05) is 44.7 Å². The van der Waals surface area contributed by atoms with Crippen LogP contribution in [0.5, 0.6) is 5.88 Å². The normalized spacial score (nSPS) is 11.2. The molecule has 0 amide bonds. The number of nitrogens with zero attached hydrogens (tertiary/aromatic N) is 1. The summed E-state index contributed by atoms with van der Waals surface area (Å²) in [5, 5.41) is 1.12. The Hall–Kier alpha value is -0.650. The van der Waals surface area contributed by atoms with Crippen molar-refractivity contribution in [1.82, 2.24) is 4.57 Å². The van der Waals surface area contributed by atoms with E-state index in [2.05, 4.69) is 0 Å². The van der Waals surface area contributed by atoms with Gasteiger partial charge in [-0.05, 0) is 27.0 Å². The molecule has 104 valence electrons. The molecule has 0 saturated carbocycles. The average Bonchev–Trinajstić information content (AvgIpc) is 2.66. The van der Waals surface area contributed by atoms with Gasteiger partial charge < -0.3 is 18.8 Å². The van der Waals surface area contributed by atoms with Crippen LogP contribution in [-0.2, 0) is 16.5 Å². The maximum atomic E-state index is 5.65. The average molecular weight is 273 g/mol. The van der Waals surface area contributed by atoms with Crippen LogP contribution in [0.3, 0.4) is 0 Å². The van der Waals surface area contributed by atoms with E-state index in [0.717, 1.165) is 16.5 Å². The number of ether oxygens (including phenoxy) is 3. The molecule has 1 aromatic rings. The summed E-state index contributed by atoms with van der Waals surface area (Å²) in [4.78, 5) is 0. The number of aromatic nitrogens is 1. The number of thioether (sulfide) groups is 1. The lowest BCUT2D eigenvalue weighted by atomic mass is 10.3. The van der Waals surface area contributed by atoms with Gasteiger partial charge in [0.15, 0.2) is 12.2 Å². The Labute approximate surface area is 114 Å². The third kappa shape index (κ3) is 3.43. The molecule has 0 N–H and O–H groups in total. The molecule has 0 atom stereocenters. The van der Waals surface area contributed by atoms with Crippen LogP contribution in [-0.4, -0.2) is 30.6 Å². The van der Waals surface area contributed by atoms with E-state index >= 15 is 0 Å². The summed E-state index contributed by atoms with van der Waals surface area (Å²) in [5.74, 6) is 0.848. The zero-order chi connectivity index (χ0) is 13.5. The molecule has 0 aliphatic rings. The summed E-state index contributed by atoms with van der Waals surface area (Å²) in [7, 11) is 2.00. The van der Waals surface area contributed by atoms with Gasteiger partial charge >= 0.3 is 0 Å². The molecule has 0 aliphatic carbocycles. The second-order valence-corrected chi connectivity index (χ2v) is 4.48. The van der Waals surface area contributed by atoms with Crippen molar-refractivity contribution in [3.05, 3.63) is 11.6 Å². The molecule has 0 bridgehead atoms. The van der Waals surface area contributed by atoms with E-state index < -0.39 is 0 Å². The molecule has 0 aliphatic heterocycles. The largest absolute Gasteiger partial charge is 0.479 e. The van der Waals surface area contributed by atoms with Gasteiger partial charge in [0.1, 0.15) is 0 Å². The second-order valence-electron chi connectivity index (χ2n) is 3.68. The van der Waals surface area contributed by atoms with Crippen molar-refractivity contribution in [2.75, 3.05) is 26.1 Å². The van der Waals surface area contributed by atoms with Crippen LogP contribution in [0.2, 0.25) is 0 Å². The van der Waals surface area contributed by atoms with E-state index in [-0.39, 0.29) is 6.29 Å². The van der Waals surface area contributed by atoms with Crippen LogP contribution in [0.1, 0.15) is 32.6 Å². The van der Waals surface area contributed by atoms with Crippen LogP contribution in [0.15, 0.2) is 11.1 Å². The Morgan fingerprint density at radius 1 is 1.17 bits per heavy atom. The zero-order valence-corrected chi connectivity index (χ0v) is 12.7. The van der Waals surface area contributed by atoms with Crippen molar-refractivity contribution in [2.45, 2.75) is 32.1 Å². The monoisotopic (exact) mass is 273 g/mol. The molecule has 5 heteroatoms. The van der Waals surface area contributed by atoms with Crippen LogP contribution in [0.25, 0.3) is 0 Å². The van der Waals surface area contributed by atoms with Crippen LogP contribution in [0, 0.1) is 0 Å². The molecule has 1 rings (SSSR count). The number of rotatable bonds is 8. The molecule has 1 aromatic heterocycles. The fraction of sp³-hybridized carbons (Fsp3) is 0.692. The van der Waals surface area contributed by atoms with Gasteiger partial charge in [-0.1, -0.05) is 0 Å². The smallest absolute Gasteiger partial charge is 0.194 e. The van der Waals surface area contributed by atoms with Crippen molar-refractivity contribution >= 4 is 11.8 Å². The highest BCUT2D eigenvalue weighted by molar-refractivity contribution is 7.98. The fourth-order valence-corrected chi connectivity index (χ4v) is 2.58. The molecule has 0 fully saturated rings. The minimum Gasteiger partial charge on any atom is -0.479 e. The predicted octanol–water partition coefficient (Wildman–Crippen LogP) is 3.22. The molecular weight excluding hydrogens is 250 g/mol. The summed E-state index contributed by atoms with van der Waals surface area (Å²) in [6, 6.07) is 2.01. The zero-order valence-electron chi connectivity index (χ0n) is 11.9. The van der Waals surface area contributed by atoms with Crippen molar-refractivity contribution in [2.24, 2.45) is 7.05 Å². The van der Waals surface area contributed by atoms with Gasteiger partial charge in [-0.15, -0.1) is 11.8 Å². The van der Waals surface area contributed by atoms with Gasteiger partial charge in [0.25, 0.3) is 0 Å². The second kappa shape index (κ2) is 7.71. The SMILES string of the molecule is CCOc1cc(C(OCC)OCC)c(SC)n1C. The van der Waals surface area contributed by atoms with Crippen molar-refractivity contribution < 1.29 is 14.2 Å². The first-order chi connectivity index (χ1) is 8.69. The third-order valence-corrected chi connectivity index (χ3v) is 3.43. The lowest BCUT2D eigenvalue weighted by molar-refractivity contribution is -0.141. The molecule has 0 aromatic carbocycles. The maximum absolute atomic E-state index is 5.65. The van der Waals surface area contributed by atoms with E-state index in [4.69, 9.17) is 14.2 Å². The fourth-order valence-electron chi connectivity index (χ4n) is 1.83. The van der Waals surface area contributed by atoms with E-state index in [1.54, 1.807) is 11.8 Å². The van der Waals surface area contributed by atoms with E-state index in [9.17, 15) is 0 Å². The topological polar surface area (TPSA) is 32.6 Å². The highest BCUT2D eigenvalue weighted by Crippen LogP contribution is 2.34. The van der Waals surface area contributed by atoms with Gasteiger partial charge in [0.05, 0.1) is 11.6 Å². The van der Waals surface area contributed by atoms with Gasteiger partial charge in [-0.3, -0.25) is 0 Å². The molecule has 0 unspecified atom stereocenters. The first-order valence-electron chi connectivity index (χ1n) is 6.29. The standard InChI is InChI=1S/C13H23NO3S/c1-6-15-11-9-10(12(18-5)14(11)4)13(16-7-2)17-8-3/h9,13H,6-8H2,1-5H3. The van der Waals surface area contributed by atoms with Gasteiger partial charge in [-0.2, -0.15) is 0 Å². The van der Waals surface area contributed by atoms with Crippen LogP contribution in [0.4, 0.5) is 0 Å². The Morgan fingerprint density at radius 2 is 1.78 bits per heavy atom. The summed E-state index contributed by atoms with van der Waals surface area (Å²) in [6.45, 7) is 7.82. The summed E-state index contributed by atoms with van der Waals surface area (Å²) >= 11 is 1.67. The van der Waals surface area contributed by atoms with Crippen LogP contribution < -0.4 is 4.74 Å². The highest BCUT2D eigenvalue weighted by atomic mass is 32.2. The van der Waals surface area contributed by atoms with Gasteiger partial charge in [0.2, 0.25) is 0 Å². The Bertz CT molecular complexity index is 359. The van der Waals surface area contributed by atoms with Crippen molar-refractivity contribution in [3.8, 4) is 5.88 Å². The van der Waals surface area contributed by atoms with Gasteiger partial charge in [0, 0.05) is 31.9 Å². The number of hydrogen-bond donors (Lipinski definition) is 0. The Balaban J connectivity index is 3.07. The molecule has 18 heavy (non-hydrogen) atoms. The van der Waals surface area contributed by atoms with Crippen molar-refractivity contribution in [3.63, 3.8) is 0 Å². The summed E-state index contributed by atoms with van der Waals surface area (Å²) in [5.41, 5.74) is 1.04. The maximum Gasteiger partial charge on any atom is 0.194 e. The van der Waals surface area contributed by atoms with E-state index in [0.29, 0.717) is 19.8 Å². The molecule has 0 spiro atoms. The molecule has 4 nitrogen and oxygen atoms in total. The Kier molecular flexibility index (Phi) is 6.60. The molecule has 1 heterocycles. The lowest BCUT2D eigenvalue weighted by Crippen LogP contribution is -2.09. The molecule has 0 radical (unpaired) electrons. The lowest BCUT2D eigenvalue weighted by Gasteiger charge is -2.17. The minimum atomic E-state index is -0.317. The van der Waals surface area contributed by atoms with E-state index in [1.165, 1.54) is 0 Å². The summed E-state index contributed by atoms with van der Waals surface area (Å²) in [6.07, 6.45) is 1.73.